The molecule has 0 bridgehead atoms. The number of benzene rings is 1. The van der Waals surface area contributed by atoms with Crippen molar-refractivity contribution in [2.45, 2.75) is 4.90 Å². The summed E-state index contributed by atoms with van der Waals surface area (Å²) in [6, 6.07) is 6.35. The van der Waals surface area contributed by atoms with Crippen molar-refractivity contribution in [2.24, 2.45) is 0 Å². The van der Waals surface area contributed by atoms with E-state index in [-0.39, 0.29) is 22.9 Å². The number of nitrogens with one attached hydrogen (secondary N) is 1. The summed E-state index contributed by atoms with van der Waals surface area (Å²) >= 11 is 0.802. The number of rotatable bonds is 4. The van der Waals surface area contributed by atoms with Gasteiger partial charge in [-0.2, -0.15) is 4.31 Å². The van der Waals surface area contributed by atoms with Gasteiger partial charge < -0.3 is 4.90 Å². The van der Waals surface area contributed by atoms with E-state index >= 15 is 0 Å². The summed E-state index contributed by atoms with van der Waals surface area (Å²) in [5.41, 5.74) is 0.466. The lowest BCUT2D eigenvalue weighted by atomic mass is 10.3. The highest BCUT2D eigenvalue weighted by Gasteiger charge is 2.29. The molecule has 0 radical (unpaired) electrons. The maximum Gasteiger partial charge on any atom is 0.290 e. The summed E-state index contributed by atoms with van der Waals surface area (Å²) in [7, 11) is -3.71. The Labute approximate surface area is 176 Å². The van der Waals surface area contributed by atoms with Crippen LogP contribution >= 0.6 is 11.8 Å². The van der Waals surface area contributed by atoms with Crippen LogP contribution in [0.25, 0.3) is 6.08 Å². The molecule has 2 aromatic rings. The molecule has 3 heterocycles. The van der Waals surface area contributed by atoms with Gasteiger partial charge in [0.1, 0.15) is 5.82 Å². The molecule has 2 fully saturated rings. The number of anilines is 1. The molecular formula is C18H16FN5O4S2. The quantitative estimate of drug-likeness (QED) is 0.698. The van der Waals surface area contributed by atoms with E-state index in [1.807, 2.05) is 4.90 Å². The van der Waals surface area contributed by atoms with Crippen LogP contribution in [0.15, 0.2) is 46.3 Å². The molecule has 0 spiro atoms. The Morgan fingerprint density at radius 2 is 1.77 bits per heavy atom. The SMILES string of the molecule is O=C1NC(=O)C(=Cc2ccnc(N3CCN(S(=O)(=O)c4ccc(F)cc4)CC3)n2)S1. The number of aromatic nitrogens is 2. The van der Waals surface area contributed by atoms with Crippen LogP contribution in [-0.2, 0) is 14.8 Å². The van der Waals surface area contributed by atoms with Crippen molar-refractivity contribution >= 4 is 45.0 Å². The zero-order valence-corrected chi connectivity index (χ0v) is 17.1. The predicted octanol–water partition coefficient (Wildman–Crippen LogP) is 1.45. The Balaban J connectivity index is 1.46. The number of nitrogens with zero attached hydrogens (tertiary/aromatic N) is 4. The maximum atomic E-state index is 13.1. The molecule has 2 amide bonds. The highest BCUT2D eigenvalue weighted by atomic mass is 32.2. The van der Waals surface area contributed by atoms with Gasteiger partial charge in [0.2, 0.25) is 16.0 Å². The van der Waals surface area contributed by atoms with Gasteiger partial charge >= 0.3 is 0 Å². The summed E-state index contributed by atoms with van der Waals surface area (Å²) in [5.74, 6) is -0.564. The first kappa shape index (κ1) is 20.4. The third-order valence-corrected chi connectivity index (χ3v) is 7.28. The van der Waals surface area contributed by atoms with E-state index < -0.39 is 27.0 Å². The van der Waals surface area contributed by atoms with Crippen molar-refractivity contribution in [1.29, 1.82) is 0 Å². The summed E-state index contributed by atoms with van der Waals surface area (Å²) in [4.78, 5) is 33.7. The molecule has 0 aliphatic carbocycles. The number of piperazine rings is 1. The van der Waals surface area contributed by atoms with Gasteiger partial charge in [0.25, 0.3) is 11.1 Å². The highest BCUT2D eigenvalue weighted by molar-refractivity contribution is 8.18. The van der Waals surface area contributed by atoms with E-state index in [1.165, 1.54) is 28.7 Å². The minimum Gasteiger partial charge on any atom is -0.338 e. The largest absolute Gasteiger partial charge is 0.338 e. The second-order valence-corrected chi connectivity index (χ2v) is 9.43. The molecule has 0 atom stereocenters. The number of carbonyl (C=O) groups excluding carboxylic acids is 2. The summed E-state index contributed by atoms with van der Waals surface area (Å²) in [6.45, 7) is 1.19. The van der Waals surface area contributed by atoms with Gasteiger partial charge in [-0.05, 0) is 48.2 Å². The molecular weight excluding hydrogens is 433 g/mol. The molecule has 2 aliphatic rings. The highest BCUT2D eigenvalue weighted by Crippen LogP contribution is 2.25. The molecule has 156 valence electrons. The van der Waals surface area contributed by atoms with Gasteiger partial charge in [-0.1, -0.05) is 0 Å². The molecule has 1 N–H and O–H groups in total. The summed E-state index contributed by atoms with van der Waals surface area (Å²) in [5, 5.41) is 1.75. The van der Waals surface area contributed by atoms with Crippen LogP contribution in [0.5, 0.6) is 0 Å². The first-order chi connectivity index (χ1) is 14.3. The average Bonchev–Trinajstić information content (AvgIpc) is 3.05. The lowest BCUT2D eigenvalue weighted by Crippen LogP contribution is -2.49. The van der Waals surface area contributed by atoms with Crippen LogP contribution in [0.3, 0.4) is 0 Å². The van der Waals surface area contributed by atoms with Crippen LogP contribution in [0, 0.1) is 5.82 Å². The molecule has 1 aromatic carbocycles. The molecule has 9 nitrogen and oxygen atoms in total. The van der Waals surface area contributed by atoms with Crippen LogP contribution in [0.1, 0.15) is 5.69 Å². The number of imide groups is 1. The summed E-state index contributed by atoms with van der Waals surface area (Å²) in [6.07, 6.45) is 3.04. The molecule has 0 saturated carbocycles. The lowest BCUT2D eigenvalue weighted by Gasteiger charge is -2.34. The number of amides is 2. The normalized spacial score (nSPS) is 19.4. The van der Waals surface area contributed by atoms with Crippen molar-refractivity contribution < 1.29 is 22.4 Å². The topological polar surface area (TPSA) is 113 Å². The monoisotopic (exact) mass is 449 g/mol. The van der Waals surface area contributed by atoms with E-state index in [0.29, 0.717) is 24.7 Å². The molecule has 1 aromatic heterocycles. The lowest BCUT2D eigenvalue weighted by molar-refractivity contribution is -0.115. The third kappa shape index (κ3) is 4.20. The maximum absolute atomic E-state index is 13.1. The van der Waals surface area contributed by atoms with Gasteiger partial charge in [0, 0.05) is 32.4 Å². The van der Waals surface area contributed by atoms with Gasteiger partial charge in [-0.25, -0.2) is 22.8 Å². The van der Waals surface area contributed by atoms with Crippen molar-refractivity contribution in [1.82, 2.24) is 19.6 Å². The number of halogens is 1. The Bertz CT molecular complexity index is 1130. The van der Waals surface area contributed by atoms with Gasteiger partial charge in [0.05, 0.1) is 15.5 Å². The molecule has 2 saturated heterocycles. The Morgan fingerprint density at radius 3 is 2.40 bits per heavy atom. The molecule has 12 heteroatoms. The minimum absolute atomic E-state index is 0.0455. The Morgan fingerprint density at radius 1 is 1.07 bits per heavy atom. The number of carbonyl (C=O) groups is 2. The predicted molar refractivity (Wildman–Crippen MR) is 109 cm³/mol. The zero-order chi connectivity index (χ0) is 21.3. The second kappa shape index (κ2) is 8.13. The fraction of sp³-hybridized carbons (Fsp3) is 0.222. The zero-order valence-electron chi connectivity index (χ0n) is 15.5. The molecule has 4 rings (SSSR count). The van der Waals surface area contributed by atoms with Crippen LogP contribution in [0.2, 0.25) is 0 Å². The number of hydrogen-bond acceptors (Lipinski definition) is 8. The summed E-state index contributed by atoms with van der Waals surface area (Å²) < 4.78 is 39.9. The fourth-order valence-corrected chi connectivity index (χ4v) is 5.12. The molecule has 2 aliphatic heterocycles. The van der Waals surface area contributed by atoms with E-state index in [1.54, 1.807) is 6.07 Å². The smallest absolute Gasteiger partial charge is 0.290 e. The van der Waals surface area contributed by atoms with Crippen molar-refractivity contribution in [3.63, 3.8) is 0 Å². The van der Waals surface area contributed by atoms with Crippen LogP contribution in [0.4, 0.5) is 15.1 Å². The number of thioether (sulfide) groups is 1. The minimum atomic E-state index is -3.71. The van der Waals surface area contributed by atoms with Crippen molar-refractivity contribution in [3.05, 3.63) is 52.9 Å². The van der Waals surface area contributed by atoms with Gasteiger partial charge in [0.15, 0.2) is 0 Å². The Kier molecular flexibility index (Phi) is 5.54. The van der Waals surface area contributed by atoms with Crippen LogP contribution in [-0.4, -0.2) is 60.0 Å². The first-order valence-electron chi connectivity index (χ1n) is 8.91. The first-order valence-corrected chi connectivity index (χ1v) is 11.2. The number of hydrogen-bond donors (Lipinski definition) is 1. The third-order valence-electron chi connectivity index (χ3n) is 4.56. The Hall–Kier alpha value is -2.83. The van der Waals surface area contributed by atoms with E-state index in [9.17, 15) is 22.4 Å². The van der Waals surface area contributed by atoms with Crippen molar-refractivity contribution in [3.8, 4) is 0 Å². The molecule has 0 unspecified atom stereocenters. The van der Waals surface area contributed by atoms with Crippen LogP contribution < -0.4 is 10.2 Å². The average molecular weight is 449 g/mol. The number of sulfonamides is 1. The fourth-order valence-electron chi connectivity index (χ4n) is 3.03. The standard InChI is InChI=1S/C18H16FN5O4S2/c19-12-1-3-14(4-2-12)30(27,28)24-9-7-23(8-10-24)17-20-6-5-13(21-17)11-15-16(25)22-18(26)29-15/h1-6,11H,7-10H2,(H,22,25,26). The molecule has 30 heavy (non-hydrogen) atoms. The van der Waals surface area contributed by atoms with E-state index in [0.717, 1.165) is 23.9 Å². The van der Waals surface area contributed by atoms with E-state index in [4.69, 9.17) is 0 Å². The second-order valence-electron chi connectivity index (χ2n) is 6.48. The van der Waals surface area contributed by atoms with Crippen molar-refractivity contribution in [2.75, 3.05) is 31.1 Å². The van der Waals surface area contributed by atoms with Gasteiger partial charge in [-0.3, -0.25) is 14.9 Å². The van der Waals surface area contributed by atoms with E-state index in [2.05, 4.69) is 15.3 Å². The van der Waals surface area contributed by atoms with Gasteiger partial charge in [-0.15, -0.1) is 0 Å².